The van der Waals surface area contributed by atoms with Crippen molar-refractivity contribution in [3.8, 4) is 0 Å². The smallest absolute Gasteiger partial charge is 0.00643 e. The molecule has 15 heavy (non-hydrogen) atoms. The van der Waals surface area contributed by atoms with Crippen molar-refractivity contribution in [1.29, 1.82) is 0 Å². The second-order valence-electron chi connectivity index (χ2n) is 5.14. The average molecular weight is 211 g/mol. The van der Waals surface area contributed by atoms with Crippen LogP contribution < -0.4 is 5.32 Å². The van der Waals surface area contributed by atoms with E-state index in [1.54, 1.807) is 0 Å². The van der Waals surface area contributed by atoms with Gasteiger partial charge < -0.3 is 5.32 Å². The largest absolute Gasteiger partial charge is 0.314 e. The highest BCUT2D eigenvalue weighted by Crippen LogP contribution is 2.25. The average Bonchev–Trinajstić information content (AvgIpc) is 2.29. The Labute approximate surface area is 96.0 Å². The van der Waals surface area contributed by atoms with Gasteiger partial charge in [0.2, 0.25) is 0 Å². The summed E-state index contributed by atoms with van der Waals surface area (Å²) in [5.74, 6) is 1.03. The molecular formula is C14H29N. The molecule has 1 nitrogen and oxygen atoms in total. The highest BCUT2D eigenvalue weighted by Gasteiger charge is 2.13. The zero-order valence-electron chi connectivity index (χ0n) is 10.7. The van der Waals surface area contributed by atoms with E-state index >= 15 is 0 Å². The van der Waals surface area contributed by atoms with E-state index in [4.69, 9.17) is 0 Å². The molecule has 1 unspecified atom stereocenters. The van der Waals surface area contributed by atoms with Crippen molar-refractivity contribution in [1.82, 2.24) is 5.32 Å². The molecule has 0 aromatic heterocycles. The van der Waals surface area contributed by atoms with Gasteiger partial charge in [0.1, 0.15) is 0 Å². The molecule has 1 saturated carbocycles. The summed E-state index contributed by atoms with van der Waals surface area (Å²) in [5, 5.41) is 3.72. The highest BCUT2D eigenvalue weighted by atomic mass is 14.9. The third kappa shape index (κ3) is 5.55. The molecule has 0 bridgehead atoms. The summed E-state index contributed by atoms with van der Waals surface area (Å²) in [5.41, 5.74) is 0. The fourth-order valence-electron chi connectivity index (χ4n) is 2.77. The quantitative estimate of drug-likeness (QED) is 0.668. The van der Waals surface area contributed by atoms with Gasteiger partial charge in [-0.2, -0.15) is 0 Å². The number of nitrogens with one attached hydrogen (secondary N) is 1. The summed E-state index contributed by atoms with van der Waals surface area (Å²) in [6.07, 6.45) is 12.8. The third-order valence-corrected chi connectivity index (χ3v) is 3.84. The van der Waals surface area contributed by atoms with E-state index in [2.05, 4.69) is 19.2 Å². The summed E-state index contributed by atoms with van der Waals surface area (Å²) in [6, 6.07) is 0.776. The Morgan fingerprint density at radius 2 is 1.87 bits per heavy atom. The van der Waals surface area contributed by atoms with Crippen LogP contribution in [0.5, 0.6) is 0 Å². The van der Waals surface area contributed by atoms with Gasteiger partial charge in [0.15, 0.2) is 0 Å². The van der Waals surface area contributed by atoms with Gasteiger partial charge in [0.25, 0.3) is 0 Å². The molecule has 1 atom stereocenters. The summed E-state index contributed by atoms with van der Waals surface area (Å²) in [4.78, 5) is 0. The summed E-state index contributed by atoms with van der Waals surface area (Å²) >= 11 is 0. The van der Waals surface area contributed by atoms with Gasteiger partial charge in [-0.1, -0.05) is 52.4 Å². The lowest BCUT2D eigenvalue weighted by Gasteiger charge is -2.23. The lowest BCUT2D eigenvalue weighted by molar-refractivity contribution is 0.324. The minimum atomic E-state index is 0.776. The SMILES string of the molecule is CCCC(CC)NCCC1CCCCC1. The first-order valence-corrected chi connectivity index (χ1v) is 7.10. The molecule has 0 aromatic carbocycles. The summed E-state index contributed by atoms with van der Waals surface area (Å²) in [7, 11) is 0. The van der Waals surface area contributed by atoms with Crippen molar-refractivity contribution in [2.24, 2.45) is 5.92 Å². The summed E-state index contributed by atoms with van der Waals surface area (Å²) in [6.45, 7) is 5.84. The minimum Gasteiger partial charge on any atom is -0.314 e. The normalized spacial score (nSPS) is 20.4. The van der Waals surface area contributed by atoms with E-state index in [-0.39, 0.29) is 0 Å². The van der Waals surface area contributed by atoms with Crippen molar-refractivity contribution in [3.05, 3.63) is 0 Å². The first kappa shape index (κ1) is 13.0. The maximum atomic E-state index is 3.72. The number of rotatable bonds is 7. The molecule has 0 heterocycles. The van der Waals surface area contributed by atoms with E-state index in [1.807, 2.05) is 0 Å². The Morgan fingerprint density at radius 1 is 1.13 bits per heavy atom. The Morgan fingerprint density at radius 3 is 2.47 bits per heavy atom. The molecule has 0 spiro atoms. The second kappa shape index (κ2) is 8.15. The zero-order valence-corrected chi connectivity index (χ0v) is 10.7. The van der Waals surface area contributed by atoms with Crippen LogP contribution in [0.1, 0.15) is 71.6 Å². The number of hydrogen-bond acceptors (Lipinski definition) is 1. The van der Waals surface area contributed by atoms with Gasteiger partial charge >= 0.3 is 0 Å². The van der Waals surface area contributed by atoms with Crippen molar-refractivity contribution >= 4 is 0 Å². The fraction of sp³-hybridized carbons (Fsp3) is 1.00. The maximum Gasteiger partial charge on any atom is 0.00643 e. The van der Waals surface area contributed by atoms with Crippen LogP contribution in [0.3, 0.4) is 0 Å². The van der Waals surface area contributed by atoms with Crippen LogP contribution >= 0.6 is 0 Å². The van der Waals surface area contributed by atoms with Crippen molar-refractivity contribution in [3.63, 3.8) is 0 Å². The molecule has 0 radical (unpaired) electrons. The second-order valence-corrected chi connectivity index (χ2v) is 5.14. The number of hydrogen-bond donors (Lipinski definition) is 1. The van der Waals surface area contributed by atoms with E-state index < -0.39 is 0 Å². The standard InChI is InChI=1S/C14H29N/c1-3-8-14(4-2)15-12-11-13-9-6-5-7-10-13/h13-15H,3-12H2,1-2H3. The molecule has 0 saturated heterocycles. The van der Waals surface area contributed by atoms with Crippen molar-refractivity contribution in [2.75, 3.05) is 6.54 Å². The van der Waals surface area contributed by atoms with Crippen LogP contribution in [-0.2, 0) is 0 Å². The van der Waals surface area contributed by atoms with Crippen LogP contribution in [0.2, 0.25) is 0 Å². The van der Waals surface area contributed by atoms with E-state index in [0.29, 0.717) is 0 Å². The molecule has 90 valence electrons. The van der Waals surface area contributed by atoms with E-state index in [1.165, 1.54) is 64.3 Å². The Balaban J connectivity index is 2.03. The van der Waals surface area contributed by atoms with E-state index in [9.17, 15) is 0 Å². The van der Waals surface area contributed by atoms with Crippen LogP contribution in [0.25, 0.3) is 0 Å². The zero-order chi connectivity index (χ0) is 10.9. The van der Waals surface area contributed by atoms with Crippen LogP contribution in [0.15, 0.2) is 0 Å². The lowest BCUT2D eigenvalue weighted by atomic mass is 9.87. The van der Waals surface area contributed by atoms with Crippen LogP contribution in [0, 0.1) is 5.92 Å². The molecular weight excluding hydrogens is 182 g/mol. The summed E-state index contributed by atoms with van der Waals surface area (Å²) < 4.78 is 0. The molecule has 1 N–H and O–H groups in total. The molecule has 1 fully saturated rings. The van der Waals surface area contributed by atoms with Gasteiger partial charge in [0, 0.05) is 6.04 Å². The fourth-order valence-corrected chi connectivity index (χ4v) is 2.77. The lowest BCUT2D eigenvalue weighted by Crippen LogP contribution is -2.30. The van der Waals surface area contributed by atoms with Crippen molar-refractivity contribution in [2.45, 2.75) is 77.7 Å². The first-order chi connectivity index (χ1) is 7.36. The topological polar surface area (TPSA) is 12.0 Å². The predicted octanol–water partition coefficient (Wildman–Crippen LogP) is 4.13. The van der Waals surface area contributed by atoms with Gasteiger partial charge in [-0.25, -0.2) is 0 Å². The Hall–Kier alpha value is -0.0400. The van der Waals surface area contributed by atoms with Crippen molar-refractivity contribution < 1.29 is 0 Å². The molecule has 1 rings (SSSR count). The molecule has 1 heteroatoms. The third-order valence-electron chi connectivity index (χ3n) is 3.84. The Bertz CT molecular complexity index is 134. The highest BCUT2D eigenvalue weighted by molar-refractivity contribution is 4.69. The van der Waals surface area contributed by atoms with E-state index in [0.717, 1.165) is 12.0 Å². The predicted molar refractivity (Wildman–Crippen MR) is 68.2 cm³/mol. The molecule has 0 aromatic rings. The monoisotopic (exact) mass is 211 g/mol. The Kier molecular flexibility index (Phi) is 7.08. The van der Waals surface area contributed by atoms with Gasteiger partial charge in [0.05, 0.1) is 0 Å². The maximum absolute atomic E-state index is 3.72. The first-order valence-electron chi connectivity index (χ1n) is 7.10. The van der Waals surface area contributed by atoms with Crippen LogP contribution in [-0.4, -0.2) is 12.6 Å². The molecule has 1 aliphatic carbocycles. The molecule has 1 aliphatic rings. The van der Waals surface area contributed by atoms with Gasteiger partial charge in [-0.3, -0.25) is 0 Å². The molecule has 0 aliphatic heterocycles. The minimum absolute atomic E-state index is 0.776. The van der Waals surface area contributed by atoms with Gasteiger partial charge in [-0.15, -0.1) is 0 Å². The van der Waals surface area contributed by atoms with Gasteiger partial charge in [-0.05, 0) is 31.7 Å². The molecule has 0 amide bonds. The van der Waals surface area contributed by atoms with Crippen LogP contribution in [0.4, 0.5) is 0 Å².